The van der Waals surface area contributed by atoms with Crippen molar-refractivity contribution in [3.63, 3.8) is 0 Å². The minimum absolute atomic E-state index is 0.0243. The number of Topliss-reactive ketones (excluding diaryl/α,β-unsaturated/α-hetero) is 1. The quantitative estimate of drug-likeness (QED) is 0.815. The van der Waals surface area contributed by atoms with Crippen LogP contribution in [0.15, 0.2) is 42.7 Å². The molecular weight excluding hydrogens is 232 g/mol. The zero-order valence-corrected chi connectivity index (χ0v) is 9.61. The molecule has 5 nitrogen and oxygen atoms in total. The van der Waals surface area contributed by atoms with E-state index < -0.39 is 5.97 Å². The average Bonchev–Trinajstić information content (AvgIpc) is 2.90. The van der Waals surface area contributed by atoms with E-state index in [1.807, 2.05) is 6.07 Å². The first-order valence-electron chi connectivity index (χ1n) is 5.52. The lowest BCUT2D eigenvalue weighted by atomic mass is 10.1. The fourth-order valence-corrected chi connectivity index (χ4v) is 1.59. The van der Waals surface area contributed by atoms with E-state index in [0.717, 1.165) is 5.69 Å². The number of hydrogen-bond donors (Lipinski definition) is 1. The highest BCUT2D eigenvalue weighted by Crippen LogP contribution is 2.11. The monoisotopic (exact) mass is 244 g/mol. The van der Waals surface area contributed by atoms with Crippen molar-refractivity contribution in [1.29, 1.82) is 0 Å². The van der Waals surface area contributed by atoms with Crippen molar-refractivity contribution in [2.24, 2.45) is 0 Å². The predicted molar refractivity (Wildman–Crippen MR) is 64.8 cm³/mol. The fourth-order valence-electron chi connectivity index (χ4n) is 1.59. The van der Waals surface area contributed by atoms with Gasteiger partial charge in [-0.3, -0.25) is 9.59 Å². The zero-order valence-electron chi connectivity index (χ0n) is 9.61. The van der Waals surface area contributed by atoms with Crippen molar-refractivity contribution in [3.05, 3.63) is 48.3 Å². The molecule has 1 N–H and O–H groups in total. The van der Waals surface area contributed by atoms with Crippen molar-refractivity contribution < 1.29 is 14.7 Å². The molecule has 1 aromatic carbocycles. The molecule has 0 aliphatic carbocycles. The number of ketones is 1. The molecule has 0 atom stereocenters. The molecule has 0 unspecified atom stereocenters. The Morgan fingerprint density at radius 1 is 1.17 bits per heavy atom. The highest BCUT2D eigenvalue weighted by Gasteiger charge is 2.08. The third kappa shape index (κ3) is 2.82. The van der Waals surface area contributed by atoms with E-state index in [0.29, 0.717) is 5.56 Å². The Labute approximate surface area is 104 Å². The zero-order chi connectivity index (χ0) is 13.0. The predicted octanol–water partition coefficient (Wildman–Crippen LogP) is 1.92. The normalized spacial score (nSPS) is 10.2. The lowest BCUT2D eigenvalue weighted by Crippen LogP contribution is -2.04. The Balaban J connectivity index is 2.08. The van der Waals surface area contributed by atoms with Crippen molar-refractivity contribution in [2.45, 2.75) is 12.8 Å². The van der Waals surface area contributed by atoms with Crippen LogP contribution in [0.5, 0.6) is 0 Å². The van der Waals surface area contributed by atoms with E-state index in [-0.39, 0.29) is 18.6 Å². The van der Waals surface area contributed by atoms with Crippen molar-refractivity contribution in [3.8, 4) is 5.69 Å². The lowest BCUT2D eigenvalue weighted by molar-refractivity contribution is -0.136. The van der Waals surface area contributed by atoms with E-state index in [2.05, 4.69) is 5.10 Å². The molecular formula is C13H12N2O3. The van der Waals surface area contributed by atoms with Gasteiger partial charge in [0.1, 0.15) is 0 Å². The number of carbonyl (C=O) groups is 2. The second-order valence-electron chi connectivity index (χ2n) is 3.81. The van der Waals surface area contributed by atoms with Gasteiger partial charge in [0.05, 0.1) is 12.1 Å². The lowest BCUT2D eigenvalue weighted by Gasteiger charge is -2.03. The van der Waals surface area contributed by atoms with Gasteiger partial charge in [0, 0.05) is 24.4 Å². The van der Waals surface area contributed by atoms with Crippen LogP contribution in [0.2, 0.25) is 0 Å². The van der Waals surface area contributed by atoms with E-state index in [1.54, 1.807) is 41.3 Å². The van der Waals surface area contributed by atoms with Crippen LogP contribution in [0.4, 0.5) is 0 Å². The summed E-state index contributed by atoms with van der Waals surface area (Å²) in [5.74, 6) is -1.12. The van der Waals surface area contributed by atoms with Gasteiger partial charge < -0.3 is 5.11 Å². The first kappa shape index (κ1) is 12.0. The Hall–Kier alpha value is -2.43. The summed E-state index contributed by atoms with van der Waals surface area (Å²) >= 11 is 0. The maximum absolute atomic E-state index is 11.7. The fraction of sp³-hybridized carbons (Fsp3) is 0.154. The van der Waals surface area contributed by atoms with Gasteiger partial charge in [-0.15, -0.1) is 0 Å². The van der Waals surface area contributed by atoms with Gasteiger partial charge >= 0.3 is 5.97 Å². The average molecular weight is 244 g/mol. The molecule has 2 rings (SSSR count). The van der Waals surface area contributed by atoms with Crippen LogP contribution < -0.4 is 0 Å². The van der Waals surface area contributed by atoms with E-state index in [1.165, 1.54) is 0 Å². The standard InChI is InChI=1S/C13H12N2O3/c16-12(6-7-13(17)18)10-2-4-11(5-3-10)15-9-1-8-14-15/h1-5,8-9H,6-7H2,(H,17,18). The van der Waals surface area contributed by atoms with Crippen molar-refractivity contribution in [2.75, 3.05) is 0 Å². The molecule has 0 spiro atoms. The van der Waals surface area contributed by atoms with Crippen LogP contribution in [-0.4, -0.2) is 26.6 Å². The van der Waals surface area contributed by atoms with Crippen molar-refractivity contribution >= 4 is 11.8 Å². The summed E-state index contributed by atoms with van der Waals surface area (Å²) in [6, 6.07) is 8.73. The molecule has 0 fully saturated rings. The van der Waals surface area contributed by atoms with Crippen molar-refractivity contribution in [1.82, 2.24) is 9.78 Å². The molecule has 0 bridgehead atoms. The number of rotatable bonds is 5. The maximum atomic E-state index is 11.7. The number of carbonyl (C=O) groups excluding carboxylic acids is 1. The summed E-state index contributed by atoms with van der Waals surface area (Å²) in [7, 11) is 0. The summed E-state index contributed by atoms with van der Waals surface area (Å²) in [6.07, 6.45) is 3.36. The van der Waals surface area contributed by atoms with Gasteiger partial charge in [-0.1, -0.05) is 0 Å². The Kier molecular flexibility index (Phi) is 3.52. The first-order valence-corrected chi connectivity index (χ1v) is 5.52. The summed E-state index contributed by atoms with van der Waals surface area (Å²) in [6.45, 7) is 0. The third-order valence-corrected chi connectivity index (χ3v) is 2.52. The molecule has 0 saturated carbocycles. The summed E-state index contributed by atoms with van der Waals surface area (Å²) in [5.41, 5.74) is 1.38. The molecule has 0 aliphatic heterocycles. The molecule has 0 aliphatic rings. The van der Waals surface area contributed by atoms with Gasteiger partial charge in [-0.2, -0.15) is 5.10 Å². The highest BCUT2D eigenvalue weighted by atomic mass is 16.4. The molecule has 92 valence electrons. The first-order chi connectivity index (χ1) is 8.66. The molecule has 1 heterocycles. The van der Waals surface area contributed by atoms with Crippen LogP contribution in [0.3, 0.4) is 0 Å². The van der Waals surface area contributed by atoms with E-state index >= 15 is 0 Å². The Morgan fingerprint density at radius 3 is 2.44 bits per heavy atom. The van der Waals surface area contributed by atoms with E-state index in [4.69, 9.17) is 5.11 Å². The summed E-state index contributed by atoms with van der Waals surface area (Å²) in [4.78, 5) is 22.0. The minimum Gasteiger partial charge on any atom is -0.481 e. The Bertz CT molecular complexity index is 544. The molecule has 0 amide bonds. The number of aliphatic carboxylic acids is 1. The molecule has 1 aromatic heterocycles. The summed E-state index contributed by atoms with van der Waals surface area (Å²) < 4.78 is 1.69. The van der Waals surface area contributed by atoms with Gasteiger partial charge in [-0.05, 0) is 30.3 Å². The van der Waals surface area contributed by atoms with E-state index in [9.17, 15) is 9.59 Å². The van der Waals surface area contributed by atoms with Gasteiger partial charge in [0.15, 0.2) is 5.78 Å². The van der Waals surface area contributed by atoms with Crippen LogP contribution in [-0.2, 0) is 4.79 Å². The third-order valence-electron chi connectivity index (χ3n) is 2.52. The highest BCUT2D eigenvalue weighted by molar-refractivity contribution is 5.97. The molecule has 18 heavy (non-hydrogen) atoms. The smallest absolute Gasteiger partial charge is 0.303 e. The number of nitrogens with zero attached hydrogens (tertiary/aromatic N) is 2. The number of carboxylic acid groups (broad SMARTS) is 1. The van der Waals surface area contributed by atoms with Crippen LogP contribution >= 0.6 is 0 Å². The largest absolute Gasteiger partial charge is 0.481 e. The molecule has 0 saturated heterocycles. The van der Waals surface area contributed by atoms with Gasteiger partial charge in [-0.25, -0.2) is 4.68 Å². The molecule has 0 radical (unpaired) electrons. The number of aromatic nitrogens is 2. The second-order valence-corrected chi connectivity index (χ2v) is 3.81. The number of hydrogen-bond acceptors (Lipinski definition) is 3. The minimum atomic E-state index is -0.962. The number of benzene rings is 1. The Morgan fingerprint density at radius 2 is 1.89 bits per heavy atom. The van der Waals surface area contributed by atoms with Crippen LogP contribution in [0.25, 0.3) is 5.69 Å². The summed E-state index contributed by atoms with van der Waals surface area (Å²) in [5, 5.41) is 12.6. The van der Waals surface area contributed by atoms with Gasteiger partial charge in [0.25, 0.3) is 0 Å². The van der Waals surface area contributed by atoms with Gasteiger partial charge in [0.2, 0.25) is 0 Å². The number of carboxylic acids is 1. The molecule has 5 heteroatoms. The second kappa shape index (κ2) is 5.27. The topological polar surface area (TPSA) is 72.2 Å². The molecule has 2 aromatic rings. The van der Waals surface area contributed by atoms with Crippen LogP contribution in [0.1, 0.15) is 23.2 Å². The maximum Gasteiger partial charge on any atom is 0.303 e. The van der Waals surface area contributed by atoms with Crippen LogP contribution in [0, 0.1) is 0 Å². The SMILES string of the molecule is O=C(O)CCC(=O)c1ccc(-n2cccn2)cc1.